The fraction of sp³-hybridized carbons (Fsp3) is 0. The number of carbonyl (C=O) groups is 1. The van der Waals surface area contributed by atoms with Crippen molar-refractivity contribution in [2.75, 3.05) is 0 Å². The highest BCUT2D eigenvalue weighted by molar-refractivity contribution is 6.03. The molecule has 3 aromatic rings. The van der Waals surface area contributed by atoms with Gasteiger partial charge >= 0.3 is 0 Å². The SMILES string of the molecule is NC(=O)c1cccc(-c2ccccc2)c1-c1ccc(=O)[nH]c1. The van der Waals surface area contributed by atoms with Gasteiger partial charge in [-0.1, -0.05) is 42.5 Å². The summed E-state index contributed by atoms with van der Waals surface area (Å²) in [5, 5.41) is 0. The van der Waals surface area contributed by atoms with Crippen molar-refractivity contribution in [1.82, 2.24) is 4.98 Å². The number of amides is 1. The molecule has 3 N–H and O–H groups in total. The number of primary amides is 1. The molecule has 0 saturated heterocycles. The molecule has 0 atom stereocenters. The predicted molar refractivity (Wildman–Crippen MR) is 86.5 cm³/mol. The lowest BCUT2D eigenvalue weighted by Gasteiger charge is -2.13. The molecular formula is C18H14N2O2. The van der Waals surface area contributed by atoms with Gasteiger partial charge in [0.2, 0.25) is 11.5 Å². The van der Waals surface area contributed by atoms with E-state index in [1.54, 1.807) is 24.4 Å². The summed E-state index contributed by atoms with van der Waals surface area (Å²) in [7, 11) is 0. The number of nitrogens with two attached hydrogens (primary N) is 1. The predicted octanol–water partition coefficient (Wildman–Crippen LogP) is 2.81. The van der Waals surface area contributed by atoms with Gasteiger partial charge in [-0.25, -0.2) is 0 Å². The second-order valence-corrected chi connectivity index (χ2v) is 4.90. The molecule has 3 rings (SSSR count). The Labute approximate surface area is 127 Å². The maximum atomic E-state index is 11.8. The molecule has 0 bridgehead atoms. The number of pyridine rings is 1. The molecule has 0 aliphatic heterocycles. The zero-order valence-electron chi connectivity index (χ0n) is 11.7. The molecule has 0 saturated carbocycles. The van der Waals surface area contributed by atoms with Crippen molar-refractivity contribution in [1.29, 1.82) is 0 Å². The summed E-state index contributed by atoms with van der Waals surface area (Å²) in [6, 6.07) is 18.3. The molecule has 22 heavy (non-hydrogen) atoms. The molecule has 0 aliphatic carbocycles. The van der Waals surface area contributed by atoms with Crippen LogP contribution in [0.1, 0.15) is 10.4 Å². The minimum atomic E-state index is -0.501. The third-order valence-corrected chi connectivity index (χ3v) is 3.49. The van der Waals surface area contributed by atoms with Crippen molar-refractivity contribution in [2.45, 2.75) is 0 Å². The largest absolute Gasteiger partial charge is 0.366 e. The second-order valence-electron chi connectivity index (χ2n) is 4.90. The Morgan fingerprint density at radius 3 is 2.27 bits per heavy atom. The summed E-state index contributed by atoms with van der Waals surface area (Å²) >= 11 is 0. The molecule has 4 nitrogen and oxygen atoms in total. The molecule has 0 spiro atoms. The van der Waals surface area contributed by atoms with Crippen LogP contribution >= 0.6 is 0 Å². The van der Waals surface area contributed by atoms with Crippen LogP contribution in [0.2, 0.25) is 0 Å². The van der Waals surface area contributed by atoms with Crippen molar-refractivity contribution < 1.29 is 4.79 Å². The van der Waals surface area contributed by atoms with Crippen molar-refractivity contribution >= 4 is 5.91 Å². The van der Waals surface area contributed by atoms with Gasteiger partial charge in [-0.15, -0.1) is 0 Å². The Hall–Kier alpha value is -3.14. The third-order valence-electron chi connectivity index (χ3n) is 3.49. The van der Waals surface area contributed by atoms with E-state index in [2.05, 4.69) is 4.98 Å². The van der Waals surface area contributed by atoms with E-state index in [4.69, 9.17) is 5.73 Å². The number of aromatic amines is 1. The molecule has 0 aliphatic rings. The minimum Gasteiger partial charge on any atom is -0.366 e. The molecule has 1 heterocycles. The van der Waals surface area contributed by atoms with Crippen molar-refractivity contribution in [2.24, 2.45) is 5.73 Å². The van der Waals surface area contributed by atoms with Gasteiger partial charge in [0.05, 0.1) is 0 Å². The van der Waals surface area contributed by atoms with Crippen LogP contribution in [0.25, 0.3) is 22.3 Å². The van der Waals surface area contributed by atoms with E-state index >= 15 is 0 Å². The van der Waals surface area contributed by atoms with E-state index in [0.29, 0.717) is 5.56 Å². The van der Waals surface area contributed by atoms with Gasteiger partial charge in [0.15, 0.2) is 0 Å². The topological polar surface area (TPSA) is 76.0 Å². The van der Waals surface area contributed by atoms with Gasteiger partial charge in [-0.2, -0.15) is 0 Å². The van der Waals surface area contributed by atoms with Crippen molar-refractivity contribution in [3.63, 3.8) is 0 Å². The van der Waals surface area contributed by atoms with E-state index in [1.165, 1.54) is 6.07 Å². The molecule has 1 amide bonds. The molecule has 0 fully saturated rings. The molecular weight excluding hydrogens is 276 g/mol. The number of benzene rings is 2. The maximum absolute atomic E-state index is 11.8. The number of hydrogen-bond acceptors (Lipinski definition) is 2. The Bertz CT molecular complexity index is 863. The zero-order valence-corrected chi connectivity index (χ0v) is 11.7. The van der Waals surface area contributed by atoms with E-state index in [0.717, 1.165) is 22.3 Å². The Morgan fingerprint density at radius 2 is 1.64 bits per heavy atom. The maximum Gasteiger partial charge on any atom is 0.249 e. The monoisotopic (exact) mass is 290 g/mol. The number of hydrogen-bond donors (Lipinski definition) is 2. The highest BCUT2D eigenvalue weighted by atomic mass is 16.1. The van der Waals surface area contributed by atoms with Crippen LogP contribution in [-0.2, 0) is 0 Å². The number of nitrogens with one attached hydrogen (secondary N) is 1. The fourth-order valence-corrected chi connectivity index (χ4v) is 2.49. The van der Waals surface area contributed by atoms with Crippen LogP contribution in [-0.4, -0.2) is 10.9 Å². The highest BCUT2D eigenvalue weighted by Crippen LogP contribution is 2.34. The van der Waals surface area contributed by atoms with E-state index < -0.39 is 5.91 Å². The summed E-state index contributed by atoms with van der Waals surface area (Å²) in [5.41, 5.74) is 9.08. The van der Waals surface area contributed by atoms with Gasteiger partial charge in [-0.05, 0) is 28.8 Å². The van der Waals surface area contributed by atoms with Crippen molar-refractivity contribution in [3.8, 4) is 22.3 Å². The highest BCUT2D eigenvalue weighted by Gasteiger charge is 2.15. The van der Waals surface area contributed by atoms with E-state index in [-0.39, 0.29) is 5.56 Å². The van der Waals surface area contributed by atoms with Gasteiger partial charge in [-0.3, -0.25) is 9.59 Å². The first-order valence-electron chi connectivity index (χ1n) is 6.84. The molecule has 1 aromatic heterocycles. The molecule has 2 aromatic carbocycles. The standard InChI is InChI=1S/C18H14N2O2/c19-18(22)15-8-4-7-14(12-5-2-1-3-6-12)17(15)13-9-10-16(21)20-11-13/h1-11H,(H2,19,22)(H,20,21). The number of aromatic nitrogens is 1. The molecule has 0 radical (unpaired) electrons. The average Bonchev–Trinajstić information content (AvgIpc) is 2.56. The second kappa shape index (κ2) is 5.69. The van der Waals surface area contributed by atoms with E-state index in [9.17, 15) is 9.59 Å². The van der Waals surface area contributed by atoms with Crippen LogP contribution in [0.5, 0.6) is 0 Å². The number of rotatable bonds is 3. The minimum absolute atomic E-state index is 0.193. The lowest BCUT2D eigenvalue weighted by Crippen LogP contribution is -2.13. The number of carbonyl (C=O) groups excluding carboxylic acids is 1. The van der Waals surface area contributed by atoms with Gasteiger partial charge in [0, 0.05) is 23.4 Å². The van der Waals surface area contributed by atoms with Crippen molar-refractivity contribution in [3.05, 3.63) is 82.8 Å². The summed E-state index contributed by atoms with van der Waals surface area (Å²) in [5.74, 6) is -0.501. The first-order valence-corrected chi connectivity index (χ1v) is 6.84. The number of H-pyrrole nitrogens is 1. The molecule has 108 valence electrons. The third kappa shape index (κ3) is 2.54. The first-order chi connectivity index (χ1) is 10.7. The first kappa shape index (κ1) is 13.8. The summed E-state index contributed by atoms with van der Waals surface area (Å²) in [4.78, 5) is 25.7. The van der Waals surface area contributed by atoms with Crippen LogP contribution in [0.15, 0.2) is 71.7 Å². The Kier molecular flexibility index (Phi) is 3.58. The fourth-order valence-electron chi connectivity index (χ4n) is 2.49. The summed E-state index contributed by atoms with van der Waals surface area (Å²) < 4.78 is 0. The zero-order chi connectivity index (χ0) is 15.5. The Morgan fingerprint density at radius 1 is 0.864 bits per heavy atom. The summed E-state index contributed by atoms with van der Waals surface area (Å²) in [6.45, 7) is 0. The normalized spacial score (nSPS) is 10.4. The van der Waals surface area contributed by atoms with Crippen LogP contribution in [0.4, 0.5) is 0 Å². The Balaban J connectivity index is 2.32. The van der Waals surface area contributed by atoms with Gasteiger partial charge < -0.3 is 10.7 Å². The smallest absolute Gasteiger partial charge is 0.249 e. The van der Waals surface area contributed by atoms with E-state index in [1.807, 2.05) is 36.4 Å². The van der Waals surface area contributed by atoms with Crippen LogP contribution in [0, 0.1) is 0 Å². The van der Waals surface area contributed by atoms with Gasteiger partial charge in [0.25, 0.3) is 0 Å². The molecule has 0 unspecified atom stereocenters. The molecule has 4 heteroatoms. The van der Waals surface area contributed by atoms with Crippen LogP contribution < -0.4 is 11.3 Å². The quantitative estimate of drug-likeness (QED) is 0.778. The lowest BCUT2D eigenvalue weighted by atomic mass is 9.91. The van der Waals surface area contributed by atoms with Gasteiger partial charge in [0.1, 0.15) is 0 Å². The average molecular weight is 290 g/mol. The van der Waals surface area contributed by atoms with Crippen LogP contribution in [0.3, 0.4) is 0 Å². The summed E-state index contributed by atoms with van der Waals surface area (Å²) in [6.07, 6.45) is 1.59. The lowest BCUT2D eigenvalue weighted by molar-refractivity contribution is 0.100.